The van der Waals surface area contributed by atoms with Crippen molar-refractivity contribution in [1.29, 1.82) is 0 Å². The van der Waals surface area contributed by atoms with Crippen LogP contribution < -0.4 is 5.32 Å². The van der Waals surface area contributed by atoms with E-state index in [0.29, 0.717) is 6.42 Å². The van der Waals surface area contributed by atoms with Gasteiger partial charge in [0.2, 0.25) is 5.91 Å². The zero-order valence-corrected chi connectivity index (χ0v) is 7.19. The van der Waals surface area contributed by atoms with E-state index in [9.17, 15) is 18.0 Å². The molecule has 1 aliphatic rings. The smallest absolute Gasteiger partial charge is 0.358 e. The van der Waals surface area contributed by atoms with E-state index < -0.39 is 18.2 Å². The quantitative estimate of drug-likeness (QED) is 0.626. The second kappa shape index (κ2) is 3.53. The highest BCUT2D eigenvalue weighted by atomic mass is 19.4. The molecule has 1 rings (SSSR count). The Balaban J connectivity index is 2.70. The van der Waals surface area contributed by atoms with Gasteiger partial charge in [-0.25, -0.2) is 4.90 Å². The Morgan fingerprint density at radius 3 is 2.62 bits per heavy atom. The Morgan fingerprint density at radius 1 is 1.54 bits per heavy atom. The fraction of sp³-hybridized carbons (Fsp3) is 0.857. The first-order valence-corrected chi connectivity index (χ1v) is 4.02. The number of likely N-dealkylation sites (tertiary alicyclic amines) is 1. The maximum atomic E-state index is 12.3. The molecule has 0 radical (unpaired) electrons. The van der Waals surface area contributed by atoms with Gasteiger partial charge >= 0.3 is 6.30 Å². The molecule has 1 saturated heterocycles. The Morgan fingerprint density at radius 2 is 2.15 bits per heavy atom. The number of alkyl halides is 3. The maximum absolute atomic E-state index is 12.3. The van der Waals surface area contributed by atoms with Crippen LogP contribution in [-0.2, 0) is 4.79 Å². The van der Waals surface area contributed by atoms with E-state index in [1.807, 2.05) is 0 Å². The van der Waals surface area contributed by atoms with E-state index in [2.05, 4.69) is 5.32 Å². The van der Waals surface area contributed by atoms with Gasteiger partial charge in [-0.05, 0) is 12.8 Å². The van der Waals surface area contributed by atoms with Crippen molar-refractivity contribution in [2.45, 2.75) is 25.2 Å². The largest absolute Gasteiger partial charge is 0.460 e. The van der Waals surface area contributed by atoms with E-state index in [1.54, 1.807) is 0 Å². The first-order chi connectivity index (χ1) is 5.96. The first kappa shape index (κ1) is 10.3. The number of rotatable bonds is 1. The van der Waals surface area contributed by atoms with Crippen molar-refractivity contribution < 1.29 is 18.0 Å². The van der Waals surface area contributed by atoms with E-state index >= 15 is 0 Å². The monoisotopic (exact) mass is 196 g/mol. The highest BCUT2D eigenvalue weighted by molar-refractivity contribution is 5.81. The van der Waals surface area contributed by atoms with Gasteiger partial charge in [0.15, 0.2) is 0 Å². The fourth-order valence-corrected chi connectivity index (χ4v) is 1.51. The minimum absolute atomic E-state index is 0.0818. The van der Waals surface area contributed by atoms with Crippen LogP contribution in [0.15, 0.2) is 0 Å². The van der Waals surface area contributed by atoms with Crippen LogP contribution in [0.5, 0.6) is 0 Å². The van der Waals surface area contributed by atoms with E-state index in [-0.39, 0.29) is 17.9 Å². The molecule has 1 fully saturated rings. The lowest BCUT2D eigenvalue weighted by atomic mass is 10.2. The predicted octanol–water partition coefficient (Wildman–Crippen LogP) is 0.717. The third kappa shape index (κ3) is 2.12. The molecule has 6 heteroatoms. The number of likely N-dealkylation sites (N-methyl/N-ethyl adjacent to an activating group) is 1. The molecule has 0 spiro atoms. The molecule has 1 N–H and O–H groups in total. The van der Waals surface area contributed by atoms with Gasteiger partial charge in [-0.1, -0.05) is 0 Å². The lowest BCUT2D eigenvalue weighted by molar-refractivity contribution is -0.248. The molecular weight excluding hydrogens is 185 g/mol. The summed E-state index contributed by atoms with van der Waals surface area (Å²) in [6, 6.07) is -1.04. The minimum Gasteiger partial charge on any atom is -0.358 e. The molecule has 0 bridgehead atoms. The number of carbonyl (C=O) groups excluding carboxylic acids is 1. The van der Waals surface area contributed by atoms with Crippen LogP contribution in [0.2, 0.25) is 0 Å². The van der Waals surface area contributed by atoms with Crippen LogP contribution in [0.25, 0.3) is 0 Å². The van der Waals surface area contributed by atoms with Crippen molar-refractivity contribution >= 4 is 5.91 Å². The lowest BCUT2D eigenvalue weighted by Crippen LogP contribution is -2.48. The summed E-state index contributed by atoms with van der Waals surface area (Å²) in [7, 11) is 1.34. The van der Waals surface area contributed by atoms with Gasteiger partial charge in [0.25, 0.3) is 0 Å². The molecule has 1 atom stereocenters. The second-order valence-electron chi connectivity index (χ2n) is 2.93. The lowest BCUT2D eigenvalue weighted by Gasteiger charge is -2.24. The molecule has 1 unspecified atom stereocenters. The van der Waals surface area contributed by atoms with Gasteiger partial charge < -0.3 is 5.32 Å². The summed E-state index contributed by atoms with van der Waals surface area (Å²) in [6.45, 7) is -0.0818. The van der Waals surface area contributed by atoms with Crippen LogP contribution in [0.1, 0.15) is 12.8 Å². The Labute approximate surface area is 73.9 Å². The SMILES string of the molecule is CNC(=O)C1CCCN1C(F)(F)F. The molecule has 0 aliphatic carbocycles. The molecule has 0 aromatic carbocycles. The fourth-order valence-electron chi connectivity index (χ4n) is 1.51. The number of hydrogen-bond acceptors (Lipinski definition) is 2. The molecular formula is C7H11F3N2O. The van der Waals surface area contributed by atoms with Crippen molar-refractivity contribution in [3.63, 3.8) is 0 Å². The normalized spacial score (nSPS) is 24.8. The number of halogens is 3. The molecule has 3 nitrogen and oxygen atoms in total. The van der Waals surface area contributed by atoms with Gasteiger partial charge in [-0.3, -0.25) is 4.79 Å². The molecule has 0 aromatic rings. The average molecular weight is 196 g/mol. The summed E-state index contributed by atoms with van der Waals surface area (Å²) in [5.74, 6) is -0.560. The van der Waals surface area contributed by atoms with E-state index in [0.717, 1.165) is 0 Å². The average Bonchev–Trinajstić information content (AvgIpc) is 2.49. The van der Waals surface area contributed by atoms with Crippen molar-refractivity contribution in [2.75, 3.05) is 13.6 Å². The van der Waals surface area contributed by atoms with Crippen LogP contribution in [0.4, 0.5) is 13.2 Å². The van der Waals surface area contributed by atoms with Gasteiger partial charge in [-0.15, -0.1) is 0 Å². The topological polar surface area (TPSA) is 32.3 Å². The third-order valence-corrected chi connectivity index (χ3v) is 2.13. The van der Waals surface area contributed by atoms with Crippen molar-refractivity contribution in [1.82, 2.24) is 10.2 Å². The van der Waals surface area contributed by atoms with Gasteiger partial charge in [0.05, 0.1) is 6.04 Å². The highest BCUT2D eigenvalue weighted by Crippen LogP contribution is 2.30. The number of nitrogens with zero attached hydrogens (tertiary/aromatic N) is 1. The predicted molar refractivity (Wildman–Crippen MR) is 39.8 cm³/mol. The van der Waals surface area contributed by atoms with E-state index in [1.165, 1.54) is 7.05 Å². The second-order valence-corrected chi connectivity index (χ2v) is 2.93. The number of carbonyl (C=O) groups is 1. The molecule has 1 aliphatic heterocycles. The van der Waals surface area contributed by atoms with Gasteiger partial charge in [0, 0.05) is 13.6 Å². The van der Waals surface area contributed by atoms with Crippen LogP contribution in [0, 0.1) is 0 Å². The van der Waals surface area contributed by atoms with Crippen molar-refractivity contribution in [3.8, 4) is 0 Å². The maximum Gasteiger partial charge on any atom is 0.460 e. The van der Waals surface area contributed by atoms with Crippen LogP contribution >= 0.6 is 0 Å². The highest BCUT2D eigenvalue weighted by Gasteiger charge is 2.46. The van der Waals surface area contributed by atoms with Gasteiger partial charge in [0.1, 0.15) is 0 Å². The summed E-state index contributed by atoms with van der Waals surface area (Å²) in [4.78, 5) is 11.3. The zero-order chi connectivity index (χ0) is 10.1. The molecule has 0 aromatic heterocycles. The van der Waals surface area contributed by atoms with Crippen molar-refractivity contribution in [3.05, 3.63) is 0 Å². The van der Waals surface area contributed by atoms with Crippen molar-refractivity contribution in [2.24, 2.45) is 0 Å². The van der Waals surface area contributed by atoms with Gasteiger partial charge in [-0.2, -0.15) is 13.2 Å². The van der Waals surface area contributed by atoms with E-state index in [4.69, 9.17) is 0 Å². The van der Waals surface area contributed by atoms with Crippen LogP contribution in [0.3, 0.4) is 0 Å². The summed E-state index contributed by atoms with van der Waals surface area (Å²) in [5, 5.41) is 2.23. The Kier molecular flexibility index (Phi) is 2.80. The minimum atomic E-state index is -4.40. The molecule has 76 valence electrons. The summed E-state index contributed by atoms with van der Waals surface area (Å²) < 4.78 is 36.8. The molecule has 1 amide bonds. The summed E-state index contributed by atoms with van der Waals surface area (Å²) in [5.41, 5.74) is 0. The summed E-state index contributed by atoms with van der Waals surface area (Å²) in [6.07, 6.45) is -3.70. The Hall–Kier alpha value is -0.780. The van der Waals surface area contributed by atoms with Crippen LogP contribution in [-0.4, -0.2) is 36.7 Å². The molecule has 0 saturated carbocycles. The number of amides is 1. The first-order valence-electron chi connectivity index (χ1n) is 4.02. The Bertz CT molecular complexity index is 204. The third-order valence-electron chi connectivity index (χ3n) is 2.13. The number of hydrogen-bond donors (Lipinski definition) is 1. The summed E-state index contributed by atoms with van der Waals surface area (Å²) >= 11 is 0. The standard InChI is InChI=1S/C7H11F3N2O/c1-11-6(13)5-3-2-4-12(5)7(8,9)10/h5H,2-4H2,1H3,(H,11,13). The molecule has 13 heavy (non-hydrogen) atoms. The zero-order valence-electron chi connectivity index (χ0n) is 7.19. The molecule has 1 heterocycles. The number of nitrogens with one attached hydrogen (secondary N) is 1.